The van der Waals surface area contributed by atoms with E-state index in [9.17, 15) is 4.79 Å². The number of benzene rings is 1. The molecule has 0 fully saturated rings. The van der Waals surface area contributed by atoms with Crippen LogP contribution in [0, 0.1) is 5.92 Å². The normalized spacial score (nSPS) is 12.3. The lowest BCUT2D eigenvalue weighted by Crippen LogP contribution is -2.28. The van der Waals surface area contributed by atoms with Gasteiger partial charge in [0.25, 0.3) is 0 Å². The number of carbonyl (C=O) groups is 1. The van der Waals surface area contributed by atoms with Crippen molar-refractivity contribution < 1.29 is 9.21 Å². The van der Waals surface area contributed by atoms with Crippen molar-refractivity contribution in [3.05, 3.63) is 52.4 Å². The third-order valence-electron chi connectivity index (χ3n) is 4.12. The first-order chi connectivity index (χ1) is 13.8. The summed E-state index contributed by atoms with van der Waals surface area (Å²) in [5.41, 5.74) is 0.756. The molecule has 1 unspecified atom stereocenters. The zero-order valence-corrected chi connectivity index (χ0v) is 18.7. The predicted molar refractivity (Wildman–Crippen MR) is 116 cm³/mol. The molecule has 0 aliphatic rings. The first kappa shape index (κ1) is 21.7. The maximum Gasteiger partial charge on any atom is 0.231 e. The Morgan fingerprint density at radius 1 is 1.24 bits per heavy atom. The number of nitrogens with zero attached hydrogens (tertiary/aromatic N) is 3. The number of rotatable bonds is 8. The molecule has 0 spiro atoms. The van der Waals surface area contributed by atoms with Crippen LogP contribution < -0.4 is 5.32 Å². The van der Waals surface area contributed by atoms with Gasteiger partial charge in [0, 0.05) is 17.1 Å². The number of aromatic nitrogens is 3. The van der Waals surface area contributed by atoms with E-state index < -0.39 is 0 Å². The highest BCUT2D eigenvalue weighted by atomic mass is 35.5. The minimum atomic E-state index is -0.199. The van der Waals surface area contributed by atoms with Crippen molar-refractivity contribution in [1.82, 2.24) is 20.1 Å². The largest absolute Gasteiger partial charge is 0.467 e. The summed E-state index contributed by atoms with van der Waals surface area (Å²) < 4.78 is 7.32. The quantitative estimate of drug-likeness (QED) is 0.458. The molecule has 2 aromatic heterocycles. The first-order valence-corrected chi connectivity index (χ1v) is 10.9. The molecule has 6 nitrogen and oxygen atoms in total. The average Bonchev–Trinajstić information content (AvgIpc) is 3.30. The second kappa shape index (κ2) is 9.69. The molecule has 29 heavy (non-hydrogen) atoms. The van der Waals surface area contributed by atoms with Crippen LogP contribution in [0.15, 0.2) is 46.2 Å². The molecule has 1 amide bonds. The lowest BCUT2D eigenvalue weighted by molar-refractivity contribution is -0.119. The number of hydrogen-bond acceptors (Lipinski definition) is 5. The zero-order valence-electron chi connectivity index (χ0n) is 16.4. The van der Waals surface area contributed by atoms with Gasteiger partial charge in [-0.05, 0) is 43.2 Å². The number of halogens is 2. The molecule has 3 rings (SSSR count). The molecule has 0 aliphatic heterocycles. The van der Waals surface area contributed by atoms with E-state index >= 15 is 0 Å². The molecule has 0 saturated carbocycles. The second-order valence-corrected chi connectivity index (χ2v) is 8.81. The summed E-state index contributed by atoms with van der Waals surface area (Å²) in [4.78, 5) is 12.4. The molecular formula is C20H22Cl2N4O2S. The third kappa shape index (κ3) is 5.56. The fourth-order valence-corrected chi connectivity index (χ4v) is 4.07. The summed E-state index contributed by atoms with van der Waals surface area (Å²) in [6.07, 6.45) is 1.59. The van der Waals surface area contributed by atoms with Crippen LogP contribution in [-0.2, 0) is 11.3 Å². The Hall–Kier alpha value is -1.96. The van der Waals surface area contributed by atoms with Crippen LogP contribution >= 0.6 is 35.0 Å². The van der Waals surface area contributed by atoms with Crippen molar-refractivity contribution in [3.63, 3.8) is 0 Å². The molecule has 0 saturated heterocycles. The van der Waals surface area contributed by atoms with Crippen molar-refractivity contribution in [1.29, 1.82) is 0 Å². The number of furan rings is 1. The summed E-state index contributed by atoms with van der Waals surface area (Å²) >= 11 is 13.7. The molecular weight excluding hydrogens is 431 g/mol. The van der Waals surface area contributed by atoms with Crippen LogP contribution in [0.5, 0.6) is 0 Å². The van der Waals surface area contributed by atoms with Gasteiger partial charge < -0.3 is 14.3 Å². The van der Waals surface area contributed by atoms with Gasteiger partial charge in [-0.25, -0.2) is 0 Å². The molecule has 0 radical (unpaired) electrons. The van der Waals surface area contributed by atoms with Gasteiger partial charge in [-0.2, -0.15) is 0 Å². The maximum absolute atomic E-state index is 12.4. The summed E-state index contributed by atoms with van der Waals surface area (Å²) in [6, 6.07) is 8.72. The summed E-state index contributed by atoms with van der Waals surface area (Å²) in [5, 5.41) is 13.3. The number of carbonyl (C=O) groups excluding carboxylic acids is 1. The lowest BCUT2D eigenvalue weighted by atomic mass is 10.2. The molecule has 1 aromatic carbocycles. The fraction of sp³-hybridized carbons (Fsp3) is 0.350. The van der Waals surface area contributed by atoms with Crippen molar-refractivity contribution in [3.8, 4) is 11.4 Å². The van der Waals surface area contributed by atoms with E-state index in [0.29, 0.717) is 39.2 Å². The SMILES string of the molecule is CC(C)Cn1c(SCC(=O)NC(C)c2ccco2)nnc1-c1ccc(Cl)cc1Cl. The topological polar surface area (TPSA) is 73.0 Å². The van der Waals surface area contributed by atoms with Gasteiger partial charge in [0.15, 0.2) is 11.0 Å². The smallest absolute Gasteiger partial charge is 0.231 e. The molecule has 0 aliphatic carbocycles. The Labute approximate surface area is 184 Å². The van der Waals surface area contributed by atoms with E-state index in [1.54, 1.807) is 24.5 Å². The number of hydrogen-bond donors (Lipinski definition) is 1. The van der Waals surface area contributed by atoms with Crippen LogP contribution in [0.4, 0.5) is 0 Å². The number of amides is 1. The van der Waals surface area contributed by atoms with E-state index in [2.05, 4.69) is 29.4 Å². The minimum Gasteiger partial charge on any atom is -0.467 e. The Morgan fingerprint density at radius 2 is 2.03 bits per heavy atom. The average molecular weight is 453 g/mol. The zero-order chi connectivity index (χ0) is 21.0. The molecule has 3 aromatic rings. The Morgan fingerprint density at radius 3 is 2.69 bits per heavy atom. The predicted octanol–water partition coefficient (Wildman–Crippen LogP) is 5.47. The van der Waals surface area contributed by atoms with E-state index in [4.69, 9.17) is 27.6 Å². The fourth-order valence-electron chi connectivity index (χ4n) is 2.82. The van der Waals surface area contributed by atoms with Crippen molar-refractivity contribution >= 4 is 40.9 Å². The summed E-state index contributed by atoms with van der Waals surface area (Å²) in [7, 11) is 0. The Balaban J connectivity index is 1.75. The Kier molecular flexibility index (Phi) is 7.27. The van der Waals surface area contributed by atoms with Gasteiger partial charge in [-0.1, -0.05) is 48.8 Å². The molecule has 9 heteroatoms. The maximum atomic E-state index is 12.4. The van der Waals surface area contributed by atoms with Crippen LogP contribution in [0.3, 0.4) is 0 Å². The highest BCUT2D eigenvalue weighted by Gasteiger charge is 2.19. The van der Waals surface area contributed by atoms with Gasteiger partial charge in [0.05, 0.1) is 23.1 Å². The lowest BCUT2D eigenvalue weighted by Gasteiger charge is -2.14. The monoisotopic (exact) mass is 452 g/mol. The molecule has 1 N–H and O–H groups in total. The summed E-state index contributed by atoms with van der Waals surface area (Å²) in [5.74, 6) is 1.85. The van der Waals surface area contributed by atoms with Gasteiger partial charge in [0.1, 0.15) is 5.76 Å². The number of nitrogens with one attached hydrogen (secondary N) is 1. The highest BCUT2D eigenvalue weighted by Crippen LogP contribution is 2.32. The van der Waals surface area contributed by atoms with E-state index in [-0.39, 0.29) is 17.7 Å². The van der Waals surface area contributed by atoms with Crippen LogP contribution in [0.25, 0.3) is 11.4 Å². The van der Waals surface area contributed by atoms with E-state index in [0.717, 1.165) is 5.56 Å². The van der Waals surface area contributed by atoms with E-state index in [1.807, 2.05) is 23.6 Å². The Bertz CT molecular complexity index is 973. The first-order valence-electron chi connectivity index (χ1n) is 9.19. The van der Waals surface area contributed by atoms with Crippen LogP contribution in [-0.4, -0.2) is 26.4 Å². The van der Waals surface area contributed by atoms with Gasteiger partial charge in [-0.15, -0.1) is 10.2 Å². The van der Waals surface area contributed by atoms with Crippen molar-refractivity contribution in [2.45, 2.75) is 38.5 Å². The van der Waals surface area contributed by atoms with Crippen LogP contribution in [0.2, 0.25) is 10.0 Å². The molecule has 2 heterocycles. The minimum absolute atomic E-state index is 0.107. The second-order valence-electron chi connectivity index (χ2n) is 7.03. The molecule has 1 atom stereocenters. The number of thioether (sulfide) groups is 1. The van der Waals surface area contributed by atoms with Crippen LogP contribution in [0.1, 0.15) is 32.6 Å². The van der Waals surface area contributed by atoms with Gasteiger partial charge in [0.2, 0.25) is 5.91 Å². The molecule has 154 valence electrons. The summed E-state index contributed by atoms with van der Waals surface area (Å²) in [6.45, 7) is 6.80. The highest BCUT2D eigenvalue weighted by molar-refractivity contribution is 7.99. The van der Waals surface area contributed by atoms with Crippen molar-refractivity contribution in [2.24, 2.45) is 5.92 Å². The third-order valence-corrected chi connectivity index (χ3v) is 5.63. The standard InChI is InChI=1S/C20H22Cl2N4O2S/c1-12(2)10-26-19(15-7-6-14(21)9-16(15)22)24-25-20(26)29-11-18(27)23-13(3)17-5-4-8-28-17/h4-9,12-13H,10-11H2,1-3H3,(H,23,27). The molecule has 0 bridgehead atoms. The van der Waals surface area contributed by atoms with Crippen molar-refractivity contribution in [2.75, 3.05) is 5.75 Å². The van der Waals surface area contributed by atoms with Gasteiger partial charge in [-0.3, -0.25) is 4.79 Å². The van der Waals surface area contributed by atoms with E-state index in [1.165, 1.54) is 11.8 Å². The van der Waals surface area contributed by atoms with Gasteiger partial charge >= 0.3 is 0 Å².